The fourth-order valence-corrected chi connectivity index (χ4v) is 5.17. The molecule has 0 radical (unpaired) electrons. The number of ether oxygens (including phenoxy) is 1. The van der Waals surface area contributed by atoms with E-state index in [1.54, 1.807) is 12.3 Å². The average Bonchev–Trinajstić information content (AvgIpc) is 3.44. The van der Waals surface area contributed by atoms with E-state index in [2.05, 4.69) is 49.9 Å². The van der Waals surface area contributed by atoms with Gasteiger partial charge in [0.25, 0.3) is 5.56 Å². The largest absolute Gasteiger partial charge is 0.494 e. The van der Waals surface area contributed by atoms with Crippen molar-refractivity contribution in [3.05, 3.63) is 87.2 Å². The number of hydrogen-bond acceptors (Lipinski definition) is 5. The Morgan fingerprint density at radius 1 is 1.03 bits per heavy atom. The zero-order valence-electron chi connectivity index (χ0n) is 23.0. The first-order valence-corrected chi connectivity index (χ1v) is 13.6. The van der Waals surface area contributed by atoms with Gasteiger partial charge in [-0.1, -0.05) is 32.0 Å². The van der Waals surface area contributed by atoms with Gasteiger partial charge in [-0.3, -0.25) is 4.79 Å². The number of aromatic nitrogens is 2. The molecule has 1 aromatic heterocycles. The lowest BCUT2D eigenvalue weighted by molar-refractivity contribution is 0.335. The third kappa shape index (κ3) is 4.95. The Kier molecular flexibility index (Phi) is 7.32. The first kappa shape index (κ1) is 25.7. The summed E-state index contributed by atoms with van der Waals surface area (Å²) in [5.74, 6) is 1.64. The molecule has 0 amide bonds. The van der Waals surface area contributed by atoms with E-state index >= 15 is 0 Å². The van der Waals surface area contributed by atoms with Crippen LogP contribution in [-0.4, -0.2) is 35.6 Å². The molecule has 0 bridgehead atoms. The molecule has 1 aliphatic rings. The molecule has 2 heterocycles. The van der Waals surface area contributed by atoms with E-state index in [-0.39, 0.29) is 11.5 Å². The Morgan fingerprint density at radius 3 is 2.50 bits per heavy atom. The van der Waals surface area contributed by atoms with Crippen LogP contribution in [0.2, 0.25) is 0 Å². The molecule has 38 heavy (non-hydrogen) atoms. The number of rotatable bonds is 7. The number of benzene rings is 3. The molecule has 0 unspecified atom stereocenters. The van der Waals surface area contributed by atoms with Gasteiger partial charge in [0.15, 0.2) is 5.82 Å². The number of aryl methyl sites for hydroxylation is 2. The zero-order valence-corrected chi connectivity index (χ0v) is 23.0. The first-order chi connectivity index (χ1) is 18.4. The van der Waals surface area contributed by atoms with E-state index in [0.717, 1.165) is 46.7 Å². The van der Waals surface area contributed by atoms with Crippen molar-refractivity contribution in [3.8, 4) is 17.1 Å². The van der Waals surface area contributed by atoms with Gasteiger partial charge in [-0.05, 0) is 98.2 Å². The summed E-state index contributed by atoms with van der Waals surface area (Å²) >= 11 is 0. The second-order valence-electron chi connectivity index (χ2n) is 10.3. The van der Waals surface area contributed by atoms with Crippen molar-refractivity contribution in [2.75, 3.05) is 24.6 Å². The fourth-order valence-electron chi connectivity index (χ4n) is 5.17. The van der Waals surface area contributed by atoms with Crippen LogP contribution in [0.3, 0.4) is 0 Å². The molecule has 0 aliphatic carbocycles. The highest BCUT2D eigenvalue weighted by Crippen LogP contribution is 2.34. The third-order valence-electron chi connectivity index (χ3n) is 7.31. The number of nitrogens with zero attached hydrogens (tertiary/aromatic N) is 4. The highest BCUT2D eigenvalue weighted by molar-refractivity contribution is 5.84. The van der Waals surface area contributed by atoms with Gasteiger partial charge in [0.1, 0.15) is 5.75 Å². The van der Waals surface area contributed by atoms with Crippen molar-refractivity contribution in [2.45, 2.75) is 53.4 Å². The quantitative estimate of drug-likeness (QED) is 0.261. The van der Waals surface area contributed by atoms with Crippen molar-refractivity contribution >= 4 is 22.8 Å². The third-order valence-corrected chi connectivity index (χ3v) is 7.31. The molecule has 1 fully saturated rings. The number of para-hydroxylation sites is 1. The summed E-state index contributed by atoms with van der Waals surface area (Å²) in [6.07, 6.45) is 4.26. The zero-order chi connectivity index (χ0) is 26.8. The minimum absolute atomic E-state index is 0.187. The molecule has 0 N–H and O–H groups in total. The highest BCUT2D eigenvalue weighted by atomic mass is 16.5. The molecule has 5 rings (SSSR count). The van der Waals surface area contributed by atoms with Gasteiger partial charge in [-0.15, -0.1) is 0 Å². The van der Waals surface area contributed by atoms with E-state index in [4.69, 9.17) is 14.8 Å². The van der Waals surface area contributed by atoms with Crippen LogP contribution in [0.15, 0.2) is 64.5 Å². The van der Waals surface area contributed by atoms with Crippen LogP contribution >= 0.6 is 0 Å². The van der Waals surface area contributed by atoms with Crippen molar-refractivity contribution in [1.82, 2.24) is 9.66 Å². The Balaban J connectivity index is 1.65. The molecular formula is C32H36N4O2. The lowest BCUT2D eigenvalue weighted by Gasteiger charge is -2.19. The number of anilines is 1. The van der Waals surface area contributed by atoms with Crippen LogP contribution in [0.25, 0.3) is 22.3 Å². The van der Waals surface area contributed by atoms with Crippen molar-refractivity contribution in [3.63, 3.8) is 0 Å². The maximum atomic E-state index is 13.7. The molecular weight excluding hydrogens is 472 g/mol. The topological polar surface area (TPSA) is 59.7 Å². The molecule has 1 aliphatic heterocycles. The summed E-state index contributed by atoms with van der Waals surface area (Å²) in [6.45, 7) is 13.2. The molecule has 1 saturated heterocycles. The predicted molar refractivity (Wildman–Crippen MR) is 157 cm³/mol. The van der Waals surface area contributed by atoms with Crippen LogP contribution < -0.4 is 15.2 Å². The van der Waals surface area contributed by atoms with E-state index in [0.29, 0.717) is 23.3 Å². The SMILES string of the molecule is CCOc1cc(C)c(-c2nc3ccccc3c(=O)n2N=Cc2ccc(N3CCCC3)cc2C)cc1C(C)C. The van der Waals surface area contributed by atoms with Crippen molar-refractivity contribution < 1.29 is 4.74 Å². The summed E-state index contributed by atoms with van der Waals surface area (Å²) in [7, 11) is 0. The average molecular weight is 509 g/mol. The predicted octanol–water partition coefficient (Wildman–Crippen LogP) is 6.68. The number of fused-ring (bicyclic) bond motifs is 1. The van der Waals surface area contributed by atoms with Gasteiger partial charge >= 0.3 is 0 Å². The molecule has 4 aromatic rings. The van der Waals surface area contributed by atoms with Gasteiger partial charge in [0.2, 0.25) is 0 Å². The van der Waals surface area contributed by atoms with Crippen molar-refractivity contribution in [2.24, 2.45) is 5.10 Å². The summed E-state index contributed by atoms with van der Waals surface area (Å²) in [6, 6.07) is 18.0. The maximum Gasteiger partial charge on any atom is 0.282 e. The van der Waals surface area contributed by atoms with Crippen LogP contribution in [0, 0.1) is 13.8 Å². The molecule has 0 spiro atoms. The minimum atomic E-state index is -0.187. The molecule has 0 saturated carbocycles. The standard InChI is InChI=1S/C32H36N4O2/c1-6-38-30-18-23(5)28(19-27(30)21(2)3)31-34-29-12-8-7-11-26(29)32(37)36(31)33-20-24-13-14-25(17-22(24)4)35-15-9-10-16-35/h7-8,11-14,17-21H,6,9-10,15-16H2,1-5H3. The number of hydrogen-bond donors (Lipinski definition) is 0. The summed E-state index contributed by atoms with van der Waals surface area (Å²) in [5, 5.41) is 5.28. The second kappa shape index (κ2) is 10.8. The summed E-state index contributed by atoms with van der Waals surface area (Å²) in [4.78, 5) is 21.1. The van der Waals surface area contributed by atoms with Gasteiger partial charge in [0.05, 0.1) is 23.7 Å². The van der Waals surface area contributed by atoms with Crippen LogP contribution in [0.5, 0.6) is 5.75 Å². The van der Waals surface area contributed by atoms with Gasteiger partial charge in [0, 0.05) is 24.3 Å². The van der Waals surface area contributed by atoms with E-state index in [1.807, 2.05) is 38.1 Å². The van der Waals surface area contributed by atoms with Crippen LogP contribution in [0.4, 0.5) is 5.69 Å². The van der Waals surface area contributed by atoms with Gasteiger partial charge in [-0.2, -0.15) is 9.78 Å². The van der Waals surface area contributed by atoms with E-state index in [9.17, 15) is 4.79 Å². The normalized spacial score (nSPS) is 13.8. The molecule has 3 aromatic carbocycles. The van der Waals surface area contributed by atoms with E-state index in [1.165, 1.54) is 23.2 Å². The monoisotopic (exact) mass is 508 g/mol. The maximum absolute atomic E-state index is 13.7. The Bertz CT molecular complexity index is 1560. The smallest absolute Gasteiger partial charge is 0.282 e. The van der Waals surface area contributed by atoms with Crippen LogP contribution in [0.1, 0.15) is 61.8 Å². The molecule has 6 nitrogen and oxygen atoms in total. The summed E-state index contributed by atoms with van der Waals surface area (Å²) < 4.78 is 7.38. The Labute approximate surface area is 224 Å². The minimum Gasteiger partial charge on any atom is -0.494 e. The molecule has 6 heteroatoms. The van der Waals surface area contributed by atoms with E-state index < -0.39 is 0 Å². The first-order valence-electron chi connectivity index (χ1n) is 13.6. The van der Waals surface area contributed by atoms with Gasteiger partial charge < -0.3 is 9.64 Å². The summed E-state index contributed by atoms with van der Waals surface area (Å²) in [5.41, 5.74) is 6.75. The lowest BCUT2D eigenvalue weighted by atomic mass is 9.96. The van der Waals surface area contributed by atoms with Gasteiger partial charge in [-0.25, -0.2) is 4.98 Å². The lowest BCUT2D eigenvalue weighted by Crippen LogP contribution is -2.21. The Morgan fingerprint density at radius 2 is 1.79 bits per heavy atom. The molecule has 0 atom stereocenters. The Hall–Kier alpha value is -3.93. The highest BCUT2D eigenvalue weighted by Gasteiger charge is 2.19. The second-order valence-corrected chi connectivity index (χ2v) is 10.3. The van der Waals surface area contributed by atoms with Crippen LogP contribution in [-0.2, 0) is 0 Å². The fraction of sp³-hybridized carbons (Fsp3) is 0.344. The molecule has 196 valence electrons. The van der Waals surface area contributed by atoms with Crippen molar-refractivity contribution in [1.29, 1.82) is 0 Å².